The highest BCUT2D eigenvalue weighted by Gasteiger charge is 2.12. The third-order valence-corrected chi connectivity index (χ3v) is 3.70. The summed E-state index contributed by atoms with van der Waals surface area (Å²) in [5.74, 6) is 2.53. The minimum absolute atomic E-state index is 0.749. The zero-order valence-electron chi connectivity index (χ0n) is 12.0. The molecule has 1 saturated heterocycles. The standard InChI is InChI=1S/C14H25N5/c1-3-12(2)4-6-16-14-17-7-5-13(18-14)19-10-8-15-9-11-19/h5,7,12,15H,3-4,6,8-11H2,1-2H3,(H,16,17,18). The fraction of sp³-hybridized carbons (Fsp3) is 0.714. The second-order valence-corrected chi connectivity index (χ2v) is 5.20. The van der Waals surface area contributed by atoms with Crippen LogP contribution in [0.1, 0.15) is 26.7 Å². The number of piperazine rings is 1. The highest BCUT2D eigenvalue weighted by atomic mass is 15.3. The van der Waals surface area contributed by atoms with Crippen LogP contribution in [0, 0.1) is 5.92 Å². The molecule has 5 heteroatoms. The van der Waals surface area contributed by atoms with Crippen LogP contribution in [0.3, 0.4) is 0 Å². The SMILES string of the molecule is CCC(C)CCNc1nccc(N2CCNCC2)n1. The average molecular weight is 263 g/mol. The molecule has 5 nitrogen and oxygen atoms in total. The van der Waals surface area contributed by atoms with Gasteiger partial charge in [0.05, 0.1) is 0 Å². The van der Waals surface area contributed by atoms with Gasteiger partial charge in [0.2, 0.25) is 5.95 Å². The minimum Gasteiger partial charge on any atom is -0.354 e. The van der Waals surface area contributed by atoms with E-state index < -0.39 is 0 Å². The molecule has 106 valence electrons. The van der Waals surface area contributed by atoms with Gasteiger partial charge in [-0.15, -0.1) is 0 Å². The summed E-state index contributed by atoms with van der Waals surface area (Å²) in [4.78, 5) is 11.2. The van der Waals surface area contributed by atoms with E-state index in [0.717, 1.165) is 56.8 Å². The van der Waals surface area contributed by atoms with Gasteiger partial charge in [-0.05, 0) is 18.4 Å². The summed E-state index contributed by atoms with van der Waals surface area (Å²) in [5, 5.41) is 6.68. The normalized spacial score (nSPS) is 17.3. The van der Waals surface area contributed by atoms with E-state index in [1.165, 1.54) is 6.42 Å². The Morgan fingerprint density at radius 1 is 1.42 bits per heavy atom. The van der Waals surface area contributed by atoms with Crippen molar-refractivity contribution in [3.63, 3.8) is 0 Å². The first-order chi connectivity index (χ1) is 9.29. The number of hydrogen-bond acceptors (Lipinski definition) is 5. The van der Waals surface area contributed by atoms with Crippen molar-refractivity contribution in [3.8, 4) is 0 Å². The Balaban J connectivity index is 1.87. The van der Waals surface area contributed by atoms with E-state index in [0.29, 0.717) is 0 Å². The summed E-state index contributed by atoms with van der Waals surface area (Å²) in [6.45, 7) is 9.54. The first kappa shape index (κ1) is 14.1. The molecule has 1 atom stereocenters. The van der Waals surface area contributed by atoms with Gasteiger partial charge in [-0.2, -0.15) is 4.98 Å². The molecule has 1 aromatic rings. The predicted molar refractivity (Wildman–Crippen MR) is 79.7 cm³/mol. The molecule has 2 N–H and O–H groups in total. The Bertz CT molecular complexity index is 376. The van der Waals surface area contributed by atoms with Crippen molar-refractivity contribution >= 4 is 11.8 Å². The van der Waals surface area contributed by atoms with Crippen molar-refractivity contribution in [2.24, 2.45) is 5.92 Å². The number of nitrogens with zero attached hydrogens (tertiary/aromatic N) is 3. The lowest BCUT2D eigenvalue weighted by atomic mass is 10.1. The number of nitrogens with one attached hydrogen (secondary N) is 2. The van der Waals surface area contributed by atoms with Crippen LogP contribution in [0.4, 0.5) is 11.8 Å². The summed E-state index contributed by atoms with van der Waals surface area (Å²) >= 11 is 0. The van der Waals surface area contributed by atoms with Crippen LogP contribution in [-0.2, 0) is 0 Å². The third-order valence-electron chi connectivity index (χ3n) is 3.70. The molecule has 19 heavy (non-hydrogen) atoms. The van der Waals surface area contributed by atoms with Gasteiger partial charge in [0.15, 0.2) is 0 Å². The van der Waals surface area contributed by atoms with E-state index in [1.54, 1.807) is 0 Å². The van der Waals surface area contributed by atoms with Gasteiger partial charge < -0.3 is 15.5 Å². The molecule has 1 fully saturated rings. The molecule has 0 radical (unpaired) electrons. The van der Waals surface area contributed by atoms with E-state index in [2.05, 4.69) is 39.3 Å². The zero-order valence-corrected chi connectivity index (χ0v) is 12.0. The predicted octanol–water partition coefficient (Wildman–Crippen LogP) is 1.73. The van der Waals surface area contributed by atoms with Crippen molar-refractivity contribution in [1.29, 1.82) is 0 Å². The van der Waals surface area contributed by atoms with Gasteiger partial charge in [0.1, 0.15) is 5.82 Å². The number of aromatic nitrogens is 2. The largest absolute Gasteiger partial charge is 0.354 e. The van der Waals surface area contributed by atoms with Crippen molar-refractivity contribution in [1.82, 2.24) is 15.3 Å². The van der Waals surface area contributed by atoms with Crippen LogP contribution in [0.2, 0.25) is 0 Å². The van der Waals surface area contributed by atoms with E-state index in [9.17, 15) is 0 Å². The number of anilines is 2. The number of rotatable bonds is 6. The van der Waals surface area contributed by atoms with Crippen LogP contribution in [-0.4, -0.2) is 42.7 Å². The lowest BCUT2D eigenvalue weighted by Gasteiger charge is -2.28. The molecule has 1 aromatic heterocycles. The van der Waals surface area contributed by atoms with Gasteiger partial charge in [-0.25, -0.2) is 4.98 Å². The molecule has 0 aliphatic carbocycles. The maximum absolute atomic E-state index is 4.60. The Hall–Kier alpha value is -1.36. The van der Waals surface area contributed by atoms with Crippen molar-refractivity contribution < 1.29 is 0 Å². The molecule has 1 unspecified atom stereocenters. The van der Waals surface area contributed by atoms with Crippen LogP contribution < -0.4 is 15.5 Å². The molecule has 1 aliphatic heterocycles. The maximum Gasteiger partial charge on any atom is 0.224 e. The highest BCUT2D eigenvalue weighted by molar-refractivity contribution is 5.42. The van der Waals surface area contributed by atoms with Crippen LogP contribution in [0.5, 0.6) is 0 Å². The fourth-order valence-corrected chi connectivity index (χ4v) is 2.14. The topological polar surface area (TPSA) is 53.1 Å². The monoisotopic (exact) mass is 263 g/mol. The van der Waals surface area contributed by atoms with Gasteiger partial charge in [-0.1, -0.05) is 20.3 Å². The van der Waals surface area contributed by atoms with Crippen molar-refractivity contribution in [2.45, 2.75) is 26.7 Å². The Kier molecular flexibility index (Phi) is 5.39. The van der Waals surface area contributed by atoms with Crippen molar-refractivity contribution in [3.05, 3.63) is 12.3 Å². The first-order valence-electron chi connectivity index (χ1n) is 7.32. The molecule has 0 bridgehead atoms. The Morgan fingerprint density at radius 3 is 2.95 bits per heavy atom. The van der Waals surface area contributed by atoms with Gasteiger partial charge >= 0.3 is 0 Å². The average Bonchev–Trinajstić information content (AvgIpc) is 2.48. The molecule has 0 saturated carbocycles. The Morgan fingerprint density at radius 2 is 2.21 bits per heavy atom. The van der Waals surface area contributed by atoms with E-state index >= 15 is 0 Å². The van der Waals surface area contributed by atoms with E-state index in [-0.39, 0.29) is 0 Å². The quantitative estimate of drug-likeness (QED) is 0.818. The summed E-state index contributed by atoms with van der Waals surface area (Å²) in [7, 11) is 0. The second kappa shape index (κ2) is 7.28. The molecular weight excluding hydrogens is 238 g/mol. The lowest BCUT2D eigenvalue weighted by Crippen LogP contribution is -2.43. The van der Waals surface area contributed by atoms with Gasteiger partial charge in [0.25, 0.3) is 0 Å². The fourth-order valence-electron chi connectivity index (χ4n) is 2.14. The first-order valence-corrected chi connectivity index (χ1v) is 7.32. The molecule has 2 heterocycles. The minimum atomic E-state index is 0.749. The molecule has 0 spiro atoms. The lowest BCUT2D eigenvalue weighted by molar-refractivity contribution is 0.531. The van der Waals surface area contributed by atoms with Crippen LogP contribution in [0.25, 0.3) is 0 Å². The van der Waals surface area contributed by atoms with Gasteiger partial charge in [0, 0.05) is 38.9 Å². The number of hydrogen-bond donors (Lipinski definition) is 2. The summed E-state index contributed by atoms with van der Waals surface area (Å²) in [6, 6.07) is 1.99. The highest BCUT2D eigenvalue weighted by Crippen LogP contribution is 2.13. The molecule has 0 amide bonds. The molecule has 1 aliphatic rings. The van der Waals surface area contributed by atoms with Gasteiger partial charge in [-0.3, -0.25) is 0 Å². The summed E-state index contributed by atoms with van der Waals surface area (Å²) in [6.07, 6.45) is 4.23. The molecule has 2 rings (SSSR count). The van der Waals surface area contributed by atoms with E-state index in [1.807, 2.05) is 12.3 Å². The third kappa shape index (κ3) is 4.35. The Labute approximate surface area is 115 Å². The second-order valence-electron chi connectivity index (χ2n) is 5.20. The maximum atomic E-state index is 4.60. The molecular formula is C14H25N5. The molecule has 0 aromatic carbocycles. The van der Waals surface area contributed by atoms with Crippen LogP contribution >= 0.6 is 0 Å². The van der Waals surface area contributed by atoms with Crippen molar-refractivity contribution in [2.75, 3.05) is 42.9 Å². The summed E-state index contributed by atoms with van der Waals surface area (Å²) < 4.78 is 0. The smallest absolute Gasteiger partial charge is 0.224 e. The van der Waals surface area contributed by atoms with E-state index in [4.69, 9.17) is 0 Å². The van der Waals surface area contributed by atoms with Crippen LogP contribution in [0.15, 0.2) is 12.3 Å². The zero-order chi connectivity index (χ0) is 13.5. The summed E-state index contributed by atoms with van der Waals surface area (Å²) in [5.41, 5.74) is 0.